The summed E-state index contributed by atoms with van der Waals surface area (Å²) in [6, 6.07) is 8.31. The minimum atomic E-state index is -0.335. The van der Waals surface area contributed by atoms with Gasteiger partial charge in [-0.15, -0.1) is 0 Å². The van der Waals surface area contributed by atoms with E-state index < -0.39 is 0 Å². The number of ether oxygens (including phenoxy) is 3. The lowest BCUT2D eigenvalue weighted by atomic mass is 10.1. The van der Waals surface area contributed by atoms with Gasteiger partial charge in [-0.1, -0.05) is 23.2 Å². The number of anilines is 1. The molecule has 0 spiro atoms. The molecule has 0 saturated heterocycles. The number of halogens is 2. The van der Waals surface area contributed by atoms with E-state index in [1.165, 1.54) is 27.4 Å². The Morgan fingerprint density at radius 1 is 1.00 bits per heavy atom. The Balaban J connectivity index is 2.19. The third kappa shape index (κ3) is 4.81. The first kappa shape index (κ1) is 19.0. The molecule has 0 aromatic heterocycles. The zero-order chi connectivity index (χ0) is 18.4. The fraction of sp³-hybridized carbons (Fsp3) is 0.167. The highest BCUT2D eigenvalue weighted by Gasteiger charge is 2.12. The van der Waals surface area contributed by atoms with Gasteiger partial charge in [0, 0.05) is 11.1 Å². The lowest BCUT2D eigenvalue weighted by Gasteiger charge is -2.12. The van der Waals surface area contributed by atoms with E-state index in [4.69, 9.17) is 37.4 Å². The molecular weight excluding hydrogens is 365 g/mol. The van der Waals surface area contributed by atoms with Gasteiger partial charge in [-0.3, -0.25) is 4.79 Å². The third-order valence-corrected chi connectivity index (χ3v) is 3.85. The van der Waals surface area contributed by atoms with Crippen molar-refractivity contribution in [3.05, 3.63) is 52.0 Å². The number of hydrogen-bond donors (Lipinski definition) is 1. The fourth-order valence-corrected chi connectivity index (χ4v) is 2.59. The van der Waals surface area contributed by atoms with Gasteiger partial charge in [-0.2, -0.15) is 0 Å². The number of nitrogens with one attached hydrogen (secondary N) is 1. The van der Waals surface area contributed by atoms with E-state index in [9.17, 15) is 4.79 Å². The largest absolute Gasteiger partial charge is 0.493 e. The predicted molar refractivity (Wildman–Crippen MR) is 100 cm³/mol. The van der Waals surface area contributed by atoms with Crippen LogP contribution in [-0.4, -0.2) is 27.2 Å². The van der Waals surface area contributed by atoms with Gasteiger partial charge >= 0.3 is 0 Å². The quantitative estimate of drug-likeness (QED) is 0.738. The Morgan fingerprint density at radius 3 is 2.16 bits per heavy atom. The number of benzene rings is 2. The summed E-state index contributed by atoms with van der Waals surface area (Å²) in [5.74, 6) is 1.16. The van der Waals surface area contributed by atoms with Crippen molar-refractivity contribution in [3.63, 3.8) is 0 Å². The second kappa shape index (κ2) is 8.65. The standard InChI is InChI=1S/C18H17Cl2NO4/c1-23-15-8-11(9-16(24-2)18(15)25-3)4-7-17(22)21-14-6-5-12(19)10-13(14)20/h4-10H,1-3H3,(H,21,22)/b7-4+. The maximum absolute atomic E-state index is 12.1. The molecule has 1 N–H and O–H groups in total. The van der Waals surface area contributed by atoms with Crippen LogP contribution in [0.4, 0.5) is 5.69 Å². The second-order valence-corrected chi connectivity index (χ2v) is 5.75. The molecule has 0 aliphatic heterocycles. The Kier molecular flexibility index (Phi) is 6.56. The van der Waals surface area contributed by atoms with Gasteiger partial charge in [-0.05, 0) is 42.0 Å². The van der Waals surface area contributed by atoms with Gasteiger partial charge in [-0.25, -0.2) is 0 Å². The predicted octanol–water partition coefficient (Wildman–Crippen LogP) is 4.67. The van der Waals surface area contributed by atoms with E-state index in [1.807, 2.05) is 0 Å². The van der Waals surface area contributed by atoms with Crippen molar-refractivity contribution < 1.29 is 19.0 Å². The van der Waals surface area contributed by atoms with Crippen LogP contribution in [0.5, 0.6) is 17.2 Å². The normalized spacial score (nSPS) is 10.6. The average molecular weight is 382 g/mol. The van der Waals surface area contributed by atoms with Crippen molar-refractivity contribution in [2.45, 2.75) is 0 Å². The van der Waals surface area contributed by atoms with E-state index in [0.29, 0.717) is 38.5 Å². The van der Waals surface area contributed by atoms with Crippen molar-refractivity contribution >= 4 is 40.9 Å². The van der Waals surface area contributed by atoms with Crippen LogP contribution in [0.3, 0.4) is 0 Å². The molecule has 0 saturated carbocycles. The summed E-state index contributed by atoms with van der Waals surface area (Å²) in [5.41, 5.74) is 1.19. The zero-order valence-corrected chi connectivity index (χ0v) is 15.4. The number of carbonyl (C=O) groups is 1. The number of amides is 1. The molecule has 0 aliphatic rings. The van der Waals surface area contributed by atoms with Crippen LogP contribution in [0, 0.1) is 0 Å². The van der Waals surface area contributed by atoms with Crippen molar-refractivity contribution in [3.8, 4) is 17.2 Å². The molecule has 1 amide bonds. The van der Waals surface area contributed by atoms with Crippen LogP contribution >= 0.6 is 23.2 Å². The van der Waals surface area contributed by atoms with Crippen LogP contribution in [0.1, 0.15) is 5.56 Å². The minimum Gasteiger partial charge on any atom is -0.493 e. The van der Waals surface area contributed by atoms with E-state index in [0.717, 1.165) is 0 Å². The van der Waals surface area contributed by atoms with E-state index >= 15 is 0 Å². The minimum absolute atomic E-state index is 0.335. The van der Waals surface area contributed by atoms with Gasteiger partial charge in [0.1, 0.15) is 0 Å². The van der Waals surface area contributed by atoms with Crippen molar-refractivity contribution in [2.75, 3.05) is 26.6 Å². The zero-order valence-electron chi connectivity index (χ0n) is 13.9. The highest BCUT2D eigenvalue weighted by Crippen LogP contribution is 2.38. The molecular formula is C18H17Cl2NO4. The van der Waals surface area contributed by atoms with Crippen molar-refractivity contribution in [2.24, 2.45) is 0 Å². The van der Waals surface area contributed by atoms with Gasteiger partial charge in [0.2, 0.25) is 11.7 Å². The summed E-state index contributed by atoms with van der Waals surface area (Å²) < 4.78 is 15.8. The van der Waals surface area contributed by atoms with Crippen molar-refractivity contribution in [1.29, 1.82) is 0 Å². The van der Waals surface area contributed by atoms with Crippen LogP contribution in [0.25, 0.3) is 6.08 Å². The number of hydrogen-bond acceptors (Lipinski definition) is 4. The lowest BCUT2D eigenvalue weighted by Crippen LogP contribution is -2.08. The Bertz CT molecular complexity index is 781. The monoisotopic (exact) mass is 381 g/mol. The molecule has 2 rings (SSSR count). The Morgan fingerprint density at radius 2 is 1.64 bits per heavy atom. The molecule has 0 bridgehead atoms. The molecule has 7 heteroatoms. The highest BCUT2D eigenvalue weighted by molar-refractivity contribution is 6.36. The highest BCUT2D eigenvalue weighted by atomic mass is 35.5. The van der Waals surface area contributed by atoms with Gasteiger partial charge in [0.15, 0.2) is 11.5 Å². The smallest absolute Gasteiger partial charge is 0.248 e. The molecule has 5 nitrogen and oxygen atoms in total. The first-order valence-electron chi connectivity index (χ1n) is 7.22. The van der Waals surface area contributed by atoms with Gasteiger partial charge < -0.3 is 19.5 Å². The maximum Gasteiger partial charge on any atom is 0.248 e. The number of rotatable bonds is 6. The summed E-state index contributed by atoms with van der Waals surface area (Å²) in [5, 5.41) is 3.54. The molecule has 2 aromatic carbocycles. The molecule has 25 heavy (non-hydrogen) atoms. The summed E-state index contributed by atoms with van der Waals surface area (Å²) >= 11 is 11.9. The second-order valence-electron chi connectivity index (χ2n) is 4.91. The van der Waals surface area contributed by atoms with Crippen molar-refractivity contribution in [1.82, 2.24) is 0 Å². The summed E-state index contributed by atoms with van der Waals surface area (Å²) in [6.07, 6.45) is 3.01. The Labute approximate surface area is 156 Å². The van der Waals surface area contributed by atoms with Gasteiger partial charge in [0.05, 0.1) is 32.0 Å². The summed E-state index contributed by atoms with van der Waals surface area (Å²) in [6.45, 7) is 0. The van der Waals surface area contributed by atoms with E-state index in [2.05, 4.69) is 5.32 Å². The van der Waals surface area contributed by atoms with Crippen LogP contribution in [-0.2, 0) is 4.79 Å². The number of methoxy groups -OCH3 is 3. The van der Waals surface area contributed by atoms with Gasteiger partial charge in [0.25, 0.3) is 0 Å². The summed E-state index contributed by atoms with van der Waals surface area (Å²) in [4.78, 5) is 12.1. The molecule has 0 fully saturated rings. The summed E-state index contributed by atoms with van der Waals surface area (Å²) in [7, 11) is 4.58. The van der Waals surface area contributed by atoms with E-state index in [-0.39, 0.29) is 5.91 Å². The number of carbonyl (C=O) groups excluding carboxylic acids is 1. The van der Waals surface area contributed by atoms with Crippen LogP contribution in [0.15, 0.2) is 36.4 Å². The van der Waals surface area contributed by atoms with Crippen LogP contribution in [0.2, 0.25) is 10.0 Å². The Hall–Kier alpha value is -2.37. The molecule has 0 unspecified atom stereocenters. The molecule has 132 valence electrons. The SMILES string of the molecule is COc1cc(/C=C/C(=O)Nc2ccc(Cl)cc2Cl)cc(OC)c1OC. The van der Waals surface area contributed by atoms with E-state index in [1.54, 1.807) is 36.4 Å². The first-order valence-corrected chi connectivity index (χ1v) is 7.98. The molecule has 0 atom stereocenters. The topological polar surface area (TPSA) is 56.8 Å². The molecule has 0 heterocycles. The third-order valence-electron chi connectivity index (χ3n) is 3.30. The molecule has 2 aromatic rings. The first-order chi connectivity index (χ1) is 12.0. The fourth-order valence-electron chi connectivity index (χ4n) is 2.13. The molecule has 0 radical (unpaired) electrons. The lowest BCUT2D eigenvalue weighted by molar-refractivity contribution is -0.111. The average Bonchev–Trinajstić information content (AvgIpc) is 2.61. The van der Waals surface area contributed by atoms with Crippen LogP contribution < -0.4 is 19.5 Å². The maximum atomic E-state index is 12.1. The molecule has 0 aliphatic carbocycles.